The third-order valence-corrected chi connectivity index (χ3v) is 3.09. The normalized spacial score (nSPS) is 10.7. The minimum atomic E-state index is -0.127. The summed E-state index contributed by atoms with van der Waals surface area (Å²) >= 11 is 5.73. The van der Waals surface area contributed by atoms with Gasteiger partial charge in [-0.2, -0.15) is 0 Å². The van der Waals surface area contributed by atoms with Crippen molar-refractivity contribution in [3.05, 3.63) is 63.7 Å². The van der Waals surface area contributed by atoms with E-state index in [2.05, 4.69) is 20.3 Å². The molecule has 0 amide bonds. The molecular weight excluding hydrogens is 276 g/mol. The van der Waals surface area contributed by atoms with Crippen molar-refractivity contribution in [1.29, 1.82) is 0 Å². The fourth-order valence-corrected chi connectivity index (χ4v) is 2.10. The number of aromatic nitrogens is 3. The molecule has 0 radical (unpaired) electrons. The zero-order valence-electron chi connectivity index (χ0n) is 10.4. The van der Waals surface area contributed by atoms with E-state index in [1.54, 1.807) is 6.07 Å². The molecular formula is C14H11ClN4O. The van der Waals surface area contributed by atoms with Crippen LogP contribution in [0.15, 0.2) is 47.5 Å². The second-order valence-corrected chi connectivity index (χ2v) is 4.72. The first-order chi connectivity index (χ1) is 9.72. The summed E-state index contributed by atoms with van der Waals surface area (Å²) in [6.45, 7) is 0.464. The maximum absolute atomic E-state index is 11.6. The molecule has 100 valence electrons. The number of H-pyrrole nitrogens is 1. The fraction of sp³-hybridized carbons (Fsp3) is 0.0714. The number of benzene rings is 1. The maximum atomic E-state index is 11.6. The van der Waals surface area contributed by atoms with Gasteiger partial charge in [0.1, 0.15) is 0 Å². The Morgan fingerprint density at radius 2 is 1.95 bits per heavy atom. The highest BCUT2D eigenvalue weighted by Gasteiger charge is 2.03. The number of aromatic amines is 1. The zero-order chi connectivity index (χ0) is 13.9. The van der Waals surface area contributed by atoms with E-state index in [1.165, 1.54) is 12.4 Å². The van der Waals surface area contributed by atoms with Gasteiger partial charge in [-0.3, -0.25) is 4.79 Å². The smallest absolute Gasteiger partial charge is 0.248 e. The fourth-order valence-electron chi connectivity index (χ4n) is 2.00. The number of hydrogen-bond donors (Lipinski definition) is 2. The monoisotopic (exact) mass is 286 g/mol. The van der Waals surface area contributed by atoms with Gasteiger partial charge in [0.05, 0.1) is 17.4 Å². The summed E-state index contributed by atoms with van der Waals surface area (Å²) in [6.07, 6.45) is 3.04. The van der Waals surface area contributed by atoms with E-state index < -0.39 is 0 Å². The molecule has 0 aliphatic rings. The summed E-state index contributed by atoms with van der Waals surface area (Å²) in [5, 5.41) is 4.55. The van der Waals surface area contributed by atoms with Crippen molar-refractivity contribution in [1.82, 2.24) is 15.0 Å². The molecule has 2 N–H and O–H groups in total. The SMILES string of the molecule is O=c1cc(CNc2ncc(Cl)cn2)c2ccccc2[nH]1. The molecule has 20 heavy (non-hydrogen) atoms. The average Bonchev–Trinajstić information content (AvgIpc) is 2.46. The van der Waals surface area contributed by atoms with E-state index >= 15 is 0 Å². The number of rotatable bonds is 3. The lowest BCUT2D eigenvalue weighted by molar-refractivity contribution is 1.05. The number of nitrogens with one attached hydrogen (secondary N) is 2. The van der Waals surface area contributed by atoms with E-state index in [0.717, 1.165) is 16.5 Å². The van der Waals surface area contributed by atoms with Crippen molar-refractivity contribution in [3.63, 3.8) is 0 Å². The quantitative estimate of drug-likeness (QED) is 0.776. The number of nitrogens with zero attached hydrogens (tertiary/aromatic N) is 2. The molecule has 0 fully saturated rings. The summed E-state index contributed by atoms with van der Waals surface area (Å²) in [7, 11) is 0. The summed E-state index contributed by atoms with van der Waals surface area (Å²) < 4.78 is 0. The largest absolute Gasteiger partial charge is 0.350 e. The number of anilines is 1. The van der Waals surface area contributed by atoms with Gasteiger partial charge in [-0.25, -0.2) is 9.97 Å². The Hall–Kier alpha value is -2.40. The molecule has 3 aromatic rings. The van der Waals surface area contributed by atoms with Gasteiger partial charge in [0.2, 0.25) is 11.5 Å². The van der Waals surface area contributed by atoms with Crippen LogP contribution in [0.3, 0.4) is 0 Å². The first-order valence-corrected chi connectivity index (χ1v) is 6.42. The van der Waals surface area contributed by atoms with Crippen LogP contribution in [0.25, 0.3) is 10.9 Å². The Bertz CT molecular complexity index is 798. The highest BCUT2D eigenvalue weighted by molar-refractivity contribution is 6.30. The van der Waals surface area contributed by atoms with E-state index in [-0.39, 0.29) is 5.56 Å². The minimum absolute atomic E-state index is 0.127. The molecule has 0 saturated carbocycles. The van der Waals surface area contributed by atoms with Crippen molar-refractivity contribution in [2.45, 2.75) is 6.54 Å². The van der Waals surface area contributed by atoms with Crippen molar-refractivity contribution >= 4 is 28.5 Å². The van der Waals surface area contributed by atoms with Crippen LogP contribution in [0.4, 0.5) is 5.95 Å². The van der Waals surface area contributed by atoms with E-state index in [4.69, 9.17) is 11.6 Å². The predicted molar refractivity (Wildman–Crippen MR) is 78.9 cm³/mol. The summed E-state index contributed by atoms with van der Waals surface area (Å²) in [5.74, 6) is 0.471. The number of para-hydroxylation sites is 1. The minimum Gasteiger partial charge on any atom is -0.350 e. The van der Waals surface area contributed by atoms with Crippen LogP contribution in [0, 0.1) is 0 Å². The van der Waals surface area contributed by atoms with Crippen LogP contribution in [0.1, 0.15) is 5.56 Å². The molecule has 2 aromatic heterocycles. The van der Waals surface area contributed by atoms with Gasteiger partial charge in [0, 0.05) is 23.5 Å². The molecule has 0 atom stereocenters. The first kappa shape index (κ1) is 12.6. The number of hydrogen-bond acceptors (Lipinski definition) is 4. The first-order valence-electron chi connectivity index (χ1n) is 6.05. The lowest BCUT2D eigenvalue weighted by Gasteiger charge is -2.07. The molecule has 5 nitrogen and oxygen atoms in total. The molecule has 0 aliphatic heterocycles. The summed E-state index contributed by atoms with van der Waals surface area (Å²) in [4.78, 5) is 22.5. The van der Waals surface area contributed by atoms with Gasteiger partial charge in [-0.1, -0.05) is 29.8 Å². The summed E-state index contributed by atoms with van der Waals surface area (Å²) in [5.41, 5.74) is 1.58. The van der Waals surface area contributed by atoms with Crippen molar-refractivity contribution in [2.75, 3.05) is 5.32 Å². The lowest BCUT2D eigenvalue weighted by Crippen LogP contribution is -2.10. The Labute approximate surface area is 119 Å². The molecule has 6 heteroatoms. The Kier molecular flexibility index (Phi) is 3.35. The molecule has 0 bridgehead atoms. The molecule has 1 aromatic carbocycles. The van der Waals surface area contributed by atoms with Crippen LogP contribution >= 0.6 is 11.6 Å². The average molecular weight is 287 g/mol. The van der Waals surface area contributed by atoms with Gasteiger partial charge < -0.3 is 10.3 Å². The topological polar surface area (TPSA) is 70.7 Å². The number of halogens is 1. The Morgan fingerprint density at radius 1 is 1.20 bits per heavy atom. The molecule has 3 rings (SSSR count). The highest BCUT2D eigenvalue weighted by Crippen LogP contribution is 2.15. The molecule has 0 unspecified atom stereocenters. The van der Waals surface area contributed by atoms with Gasteiger partial charge in [-0.15, -0.1) is 0 Å². The Balaban J connectivity index is 1.90. The molecule has 0 aliphatic carbocycles. The van der Waals surface area contributed by atoms with Crippen molar-refractivity contribution in [3.8, 4) is 0 Å². The van der Waals surface area contributed by atoms with E-state index in [0.29, 0.717) is 17.5 Å². The predicted octanol–water partition coefficient (Wildman–Crippen LogP) is 2.58. The molecule has 0 saturated heterocycles. The lowest BCUT2D eigenvalue weighted by atomic mass is 10.1. The number of pyridine rings is 1. The van der Waals surface area contributed by atoms with Crippen LogP contribution in [-0.4, -0.2) is 15.0 Å². The third kappa shape index (κ3) is 2.62. The van der Waals surface area contributed by atoms with Crippen LogP contribution in [0.2, 0.25) is 5.02 Å². The number of fused-ring (bicyclic) bond motifs is 1. The van der Waals surface area contributed by atoms with Gasteiger partial charge in [-0.05, 0) is 11.6 Å². The van der Waals surface area contributed by atoms with Crippen molar-refractivity contribution < 1.29 is 0 Å². The standard InChI is InChI=1S/C14H11ClN4O/c15-10-7-17-14(18-8-10)16-6-9-5-13(20)19-12-4-2-1-3-11(9)12/h1-5,7-8H,6H2,(H,19,20)(H,16,17,18). The molecule has 0 spiro atoms. The van der Waals surface area contributed by atoms with Gasteiger partial charge in [0.15, 0.2) is 0 Å². The van der Waals surface area contributed by atoms with E-state index in [1.807, 2.05) is 24.3 Å². The van der Waals surface area contributed by atoms with Crippen LogP contribution < -0.4 is 10.9 Å². The molecule has 2 heterocycles. The second-order valence-electron chi connectivity index (χ2n) is 4.28. The zero-order valence-corrected chi connectivity index (χ0v) is 11.2. The van der Waals surface area contributed by atoms with Crippen LogP contribution in [0.5, 0.6) is 0 Å². The third-order valence-electron chi connectivity index (χ3n) is 2.89. The highest BCUT2D eigenvalue weighted by atomic mass is 35.5. The van der Waals surface area contributed by atoms with Gasteiger partial charge >= 0.3 is 0 Å². The summed E-state index contributed by atoms with van der Waals surface area (Å²) in [6, 6.07) is 9.23. The van der Waals surface area contributed by atoms with Crippen molar-refractivity contribution in [2.24, 2.45) is 0 Å². The Morgan fingerprint density at radius 3 is 2.75 bits per heavy atom. The van der Waals surface area contributed by atoms with E-state index in [9.17, 15) is 4.79 Å². The van der Waals surface area contributed by atoms with Crippen LogP contribution in [-0.2, 0) is 6.54 Å². The maximum Gasteiger partial charge on any atom is 0.248 e. The van der Waals surface area contributed by atoms with Gasteiger partial charge in [0.25, 0.3) is 0 Å². The second kappa shape index (κ2) is 5.30.